The van der Waals surface area contributed by atoms with Gasteiger partial charge in [-0.2, -0.15) is 0 Å². The Bertz CT molecular complexity index is 702. The molecule has 0 unspecified atom stereocenters. The number of urea groups is 1. The first-order valence-electron chi connectivity index (χ1n) is 8.46. The summed E-state index contributed by atoms with van der Waals surface area (Å²) >= 11 is 0. The summed E-state index contributed by atoms with van der Waals surface area (Å²) in [6.07, 6.45) is 0.904. The zero-order valence-electron chi connectivity index (χ0n) is 15.2. The molecule has 136 valence electrons. The summed E-state index contributed by atoms with van der Waals surface area (Å²) in [5.74, 6) is 1.30. The minimum absolute atomic E-state index is 0.165. The number of carbonyl (C=O) groups is 2. The molecular weight excluding hydrogens is 322 g/mol. The summed E-state index contributed by atoms with van der Waals surface area (Å²) in [5, 5.41) is 2.71. The molecule has 0 radical (unpaired) electrons. The van der Waals surface area contributed by atoms with Crippen LogP contribution >= 0.6 is 0 Å². The fraction of sp³-hybridized carbons (Fsp3) is 0.556. The predicted octanol–water partition coefficient (Wildman–Crippen LogP) is 1.39. The molecule has 0 bridgehead atoms. The van der Waals surface area contributed by atoms with Crippen LogP contribution in [0.1, 0.15) is 25.0 Å². The van der Waals surface area contributed by atoms with Crippen molar-refractivity contribution in [3.05, 3.63) is 23.3 Å². The van der Waals surface area contributed by atoms with Crippen LogP contribution < -0.4 is 14.8 Å². The Balaban J connectivity index is 1.66. The number of hydrogen-bond donors (Lipinski definition) is 1. The maximum absolute atomic E-state index is 12.3. The van der Waals surface area contributed by atoms with Gasteiger partial charge in [0.25, 0.3) is 5.91 Å². The normalized spacial score (nSPS) is 19.6. The van der Waals surface area contributed by atoms with Crippen molar-refractivity contribution in [3.8, 4) is 11.5 Å². The minimum Gasteiger partial charge on any atom is -0.493 e. The zero-order chi connectivity index (χ0) is 18.2. The maximum atomic E-state index is 12.3. The molecule has 7 heteroatoms. The lowest BCUT2D eigenvalue weighted by Gasteiger charge is -2.30. The first kappa shape index (κ1) is 17.5. The molecule has 1 N–H and O–H groups in total. The van der Waals surface area contributed by atoms with E-state index in [1.54, 1.807) is 28.1 Å². The Morgan fingerprint density at radius 1 is 1.08 bits per heavy atom. The quantitative estimate of drug-likeness (QED) is 0.815. The molecule has 0 aromatic heterocycles. The number of benzene rings is 1. The van der Waals surface area contributed by atoms with Gasteiger partial charge in [0.05, 0.1) is 14.2 Å². The molecule has 2 aliphatic heterocycles. The topological polar surface area (TPSA) is 71.1 Å². The lowest BCUT2D eigenvalue weighted by molar-refractivity contribution is -0.130. The van der Waals surface area contributed by atoms with Gasteiger partial charge in [0.15, 0.2) is 11.5 Å². The Hall–Kier alpha value is -2.28. The van der Waals surface area contributed by atoms with E-state index in [1.165, 1.54) is 16.0 Å². The fourth-order valence-corrected chi connectivity index (χ4v) is 3.39. The number of imide groups is 1. The molecule has 3 amide bonds. The van der Waals surface area contributed by atoms with E-state index < -0.39 is 5.54 Å². The van der Waals surface area contributed by atoms with E-state index in [0.717, 1.165) is 31.0 Å². The summed E-state index contributed by atoms with van der Waals surface area (Å²) in [7, 11) is 3.27. The molecular formula is C18H25N3O4. The van der Waals surface area contributed by atoms with Crippen molar-refractivity contribution in [2.45, 2.75) is 32.4 Å². The zero-order valence-corrected chi connectivity index (χ0v) is 15.2. The number of nitrogens with zero attached hydrogens (tertiary/aromatic N) is 2. The van der Waals surface area contributed by atoms with E-state index in [1.807, 2.05) is 12.1 Å². The molecule has 0 spiro atoms. The average molecular weight is 347 g/mol. The highest BCUT2D eigenvalue weighted by molar-refractivity contribution is 6.06. The molecule has 0 aliphatic carbocycles. The standard InChI is InChI=1S/C18H25N3O4/c1-18(2)16(22)21(17(23)19-18)8-7-20-6-5-12-9-14(24-3)15(25-4)10-13(12)11-20/h9-10H,5-8,11H2,1-4H3,(H,19,23). The highest BCUT2D eigenvalue weighted by Gasteiger charge is 2.44. The van der Waals surface area contributed by atoms with Crippen LogP contribution in [0, 0.1) is 0 Å². The van der Waals surface area contributed by atoms with Crippen LogP contribution in [0.3, 0.4) is 0 Å². The summed E-state index contributed by atoms with van der Waals surface area (Å²) in [6.45, 7) is 6.16. The molecule has 1 aromatic carbocycles. The minimum atomic E-state index is -0.810. The number of methoxy groups -OCH3 is 2. The van der Waals surface area contributed by atoms with Crippen molar-refractivity contribution in [1.29, 1.82) is 0 Å². The SMILES string of the molecule is COc1cc2c(cc1OC)CN(CCN1C(=O)NC(C)(C)C1=O)CC2. The molecule has 0 saturated carbocycles. The number of ether oxygens (including phenoxy) is 2. The number of hydrogen-bond acceptors (Lipinski definition) is 5. The molecule has 1 saturated heterocycles. The van der Waals surface area contributed by atoms with Gasteiger partial charge in [-0.15, -0.1) is 0 Å². The van der Waals surface area contributed by atoms with Gasteiger partial charge in [0.2, 0.25) is 0 Å². The van der Waals surface area contributed by atoms with Gasteiger partial charge in [0, 0.05) is 26.2 Å². The van der Waals surface area contributed by atoms with Gasteiger partial charge in [-0.05, 0) is 43.5 Å². The molecule has 1 aromatic rings. The monoisotopic (exact) mass is 347 g/mol. The van der Waals surface area contributed by atoms with Crippen molar-refractivity contribution in [2.24, 2.45) is 0 Å². The van der Waals surface area contributed by atoms with Crippen molar-refractivity contribution >= 4 is 11.9 Å². The van der Waals surface area contributed by atoms with Gasteiger partial charge >= 0.3 is 6.03 Å². The first-order valence-corrected chi connectivity index (χ1v) is 8.46. The van der Waals surface area contributed by atoms with Gasteiger partial charge in [-0.3, -0.25) is 14.6 Å². The third kappa shape index (κ3) is 3.28. The number of rotatable bonds is 5. The molecule has 0 atom stereocenters. The lowest BCUT2D eigenvalue weighted by Crippen LogP contribution is -2.42. The second-order valence-corrected chi connectivity index (χ2v) is 7.01. The van der Waals surface area contributed by atoms with Crippen LogP contribution in [0.25, 0.3) is 0 Å². The lowest BCUT2D eigenvalue weighted by atomic mass is 9.99. The molecule has 3 rings (SSSR count). The van der Waals surface area contributed by atoms with Crippen molar-refractivity contribution in [3.63, 3.8) is 0 Å². The highest BCUT2D eigenvalue weighted by Crippen LogP contribution is 2.33. The number of carbonyl (C=O) groups excluding carboxylic acids is 2. The van der Waals surface area contributed by atoms with Crippen molar-refractivity contribution < 1.29 is 19.1 Å². The van der Waals surface area contributed by atoms with Crippen LogP contribution in [0.15, 0.2) is 12.1 Å². The summed E-state index contributed by atoms with van der Waals surface area (Å²) in [4.78, 5) is 27.8. The van der Waals surface area contributed by atoms with Gasteiger partial charge in [0.1, 0.15) is 5.54 Å². The van der Waals surface area contributed by atoms with Gasteiger partial charge < -0.3 is 14.8 Å². The summed E-state index contributed by atoms with van der Waals surface area (Å²) in [6, 6.07) is 3.74. The maximum Gasteiger partial charge on any atom is 0.325 e. The van der Waals surface area contributed by atoms with Crippen molar-refractivity contribution in [2.75, 3.05) is 33.9 Å². The Morgan fingerprint density at radius 2 is 1.72 bits per heavy atom. The van der Waals surface area contributed by atoms with Crippen LogP contribution in [0.5, 0.6) is 11.5 Å². The van der Waals surface area contributed by atoms with E-state index >= 15 is 0 Å². The van der Waals surface area contributed by atoms with Crippen molar-refractivity contribution in [1.82, 2.24) is 15.1 Å². The second kappa shape index (κ2) is 6.55. The first-order chi connectivity index (χ1) is 11.9. The van der Waals surface area contributed by atoms with E-state index in [0.29, 0.717) is 13.1 Å². The number of nitrogens with one attached hydrogen (secondary N) is 1. The van der Waals surface area contributed by atoms with Crippen LogP contribution in [-0.2, 0) is 17.8 Å². The van der Waals surface area contributed by atoms with E-state index in [9.17, 15) is 9.59 Å². The second-order valence-electron chi connectivity index (χ2n) is 7.01. The number of fused-ring (bicyclic) bond motifs is 1. The molecule has 1 fully saturated rings. The molecule has 2 heterocycles. The summed E-state index contributed by atoms with van der Waals surface area (Å²) < 4.78 is 10.7. The van der Waals surface area contributed by atoms with Crippen LogP contribution in [-0.4, -0.2) is 61.1 Å². The van der Waals surface area contributed by atoms with Gasteiger partial charge in [-0.25, -0.2) is 4.79 Å². The third-order valence-corrected chi connectivity index (χ3v) is 4.88. The largest absolute Gasteiger partial charge is 0.493 e. The average Bonchev–Trinajstić information content (AvgIpc) is 2.79. The Kier molecular flexibility index (Phi) is 4.60. The van der Waals surface area contributed by atoms with Crippen LogP contribution in [0.2, 0.25) is 0 Å². The molecule has 2 aliphatic rings. The number of amides is 3. The smallest absolute Gasteiger partial charge is 0.325 e. The third-order valence-electron chi connectivity index (χ3n) is 4.88. The summed E-state index contributed by atoms with van der Waals surface area (Å²) in [5.41, 5.74) is 1.64. The van der Waals surface area contributed by atoms with Crippen LogP contribution in [0.4, 0.5) is 4.79 Å². The Labute approximate surface area is 147 Å². The molecule has 25 heavy (non-hydrogen) atoms. The predicted molar refractivity (Wildman–Crippen MR) is 92.9 cm³/mol. The van der Waals surface area contributed by atoms with E-state index in [4.69, 9.17) is 9.47 Å². The van der Waals surface area contributed by atoms with E-state index in [2.05, 4.69) is 10.2 Å². The fourth-order valence-electron chi connectivity index (χ4n) is 3.39. The Morgan fingerprint density at radius 3 is 2.28 bits per heavy atom. The van der Waals surface area contributed by atoms with E-state index in [-0.39, 0.29) is 11.9 Å². The van der Waals surface area contributed by atoms with Gasteiger partial charge in [-0.1, -0.05) is 0 Å². The highest BCUT2D eigenvalue weighted by atomic mass is 16.5. The molecule has 7 nitrogen and oxygen atoms in total.